The number of nitrogens with zero attached hydrogens (tertiary/aromatic N) is 2. The molecule has 140 valence electrons. The largest absolute Gasteiger partial charge is 0.495 e. The number of anilines is 1. The zero-order chi connectivity index (χ0) is 19.4. The van der Waals surface area contributed by atoms with Crippen LogP contribution in [0.3, 0.4) is 0 Å². The van der Waals surface area contributed by atoms with Gasteiger partial charge in [-0.15, -0.1) is 0 Å². The van der Waals surface area contributed by atoms with Crippen molar-refractivity contribution in [3.8, 4) is 11.5 Å². The molecule has 0 saturated heterocycles. The van der Waals surface area contributed by atoms with Crippen LogP contribution in [-0.2, 0) is 6.73 Å². The summed E-state index contributed by atoms with van der Waals surface area (Å²) in [6.07, 6.45) is 1.67. The first kappa shape index (κ1) is 19.3. The normalized spacial score (nSPS) is 10.5. The molecule has 0 aliphatic heterocycles. The van der Waals surface area contributed by atoms with Crippen molar-refractivity contribution >= 4 is 39.1 Å². The van der Waals surface area contributed by atoms with Gasteiger partial charge in [0.25, 0.3) is 5.91 Å². The lowest BCUT2D eigenvalue weighted by Crippen LogP contribution is -2.15. The summed E-state index contributed by atoms with van der Waals surface area (Å²) in [6, 6.07) is 12.4. The molecule has 27 heavy (non-hydrogen) atoms. The van der Waals surface area contributed by atoms with Crippen molar-refractivity contribution in [1.29, 1.82) is 0 Å². The molecule has 2 aromatic carbocycles. The van der Waals surface area contributed by atoms with Crippen LogP contribution >= 0.6 is 27.5 Å². The summed E-state index contributed by atoms with van der Waals surface area (Å²) < 4.78 is 13.2. The Labute approximate surface area is 170 Å². The van der Waals surface area contributed by atoms with Gasteiger partial charge in [-0.2, -0.15) is 5.10 Å². The first-order valence-corrected chi connectivity index (χ1v) is 9.20. The standard InChI is InChI=1S/C19H17BrClN3O3/c1-12-3-5-18(26-2)16(9-12)22-19(25)15-7-8-24(23-15)11-27-17-6-4-13(21)10-14(17)20/h3-10H,11H2,1-2H3,(H,22,25). The lowest BCUT2D eigenvalue weighted by molar-refractivity contribution is 0.102. The van der Waals surface area contributed by atoms with E-state index in [1.54, 1.807) is 43.6 Å². The summed E-state index contributed by atoms with van der Waals surface area (Å²) in [6.45, 7) is 2.09. The number of carbonyl (C=O) groups excluding carboxylic acids is 1. The lowest BCUT2D eigenvalue weighted by Gasteiger charge is -2.10. The molecular weight excluding hydrogens is 434 g/mol. The Balaban J connectivity index is 1.66. The predicted molar refractivity (Wildman–Crippen MR) is 108 cm³/mol. The highest BCUT2D eigenvalue weighted by molar-refractivity contribution is 9.10. The number of rotatable bonds is 6. The molecule has 8 heteroatoms. The van der Waals surface area contributed by atoms with Crippen molar-refractivity contribution in [1.82, 2.24) is 9.78 Å². The average Bonchev–Trinajstić information content (AvgIpc) is 3.10. The highest BCUT2D eigenvalue weighted by Crippen LogP contribution is 2.28. The lowest BCUT2D eigenvalue weighted by atomic mass is 10.2. The van der Waals surface area contributed by atoms with E-state index in [4.69, 9.17) is 21.1 Å². The minimum Gasteiger partial charge on any atom is -0.495 e. The summed E-state index contributed by atoms with van der Waals surface area (Å²) in [5, 5.41) is 7.67. The van der Waals surface area contributed by atoms with Gasteiger partial charge in [0.15, 0.2) is 12.4 Å². The van der Waals surface area contributed by atoms with Crippen LogP contribution in [0.25, 0.3) is 0 Å². The van der Waals surface area contributed by atoms with Gasteiger partial charge in [0, 0.05) is 11.2 Å². The van der Waals surface area contributed by atoms with Gasteiger partial charge in [0.2, 0.25) is 0 Å². The van der Waals surface area contributed by atoms with Crippen LogP contribution in [0.2, 0.25) is 5.02 Å². The first-order chi connectivity index (χ1) is 13.0. The maximum atomic E-state index is 12.5. The van der Waals surface area contributed by atoms with E-state index < -0.39 is 0 Å². The van der Waals surface area contributed by atoms with E-state index >= 15 is 0 Å². The summed E-state index contributed by atoms with van der Waals surface area (Å²) in [7, 11) is 1.56. The Hall–Kier alpha value is -2.51. The van der Waals surface area contributed by atoms with Crippen molar-refractivity contribution < 1.29 is 14.3 Å². The molecule has 3 aromatic rings. The highest BCUT2D eigenvalue weighted by atomic mass is 79.9. The topological polar surface area (TPSA) is 65.4 Å². The molecule has 3 rings (SSSR count). The Bertz CT molecular complexity index is 975. The maximum Gasteiger partial charge on any atom is 0.276 e. The summed E-state index contributed by atoms with van der Waals surface area (Å²) in [5.74, 6) is 0.889. The second-order valence-corrected chi connectivity index (χ2v) is 7.04. The molecular formula is C19H17BrClN3O3. The van der Waals surface area contributed by atoms with Crippen molar-refractivity contribution in [2.45, 2.75) is 13.7 Å². The number of ether oxygens (including phenoxy) is 2. The van der Waals surface area contributed by atoms with Crippen molar-refractivity contribution in [3.05, 3.63) is 69.4 Å². The number of hydrogen-bond donors (Lipinski definition) is 1. The van der Waals surface area contributed by atoms with Gasteiger partial charge >= 0.3 is 0 Å². The molecule has 6 nitrogen and oxygen atoms in total. The molecule has 0 atom stereocenters. The van der Waals surface area contributed by atoms with E-state index in [0.29, 0.717) is 22.2 Å². The molecule has 0 aliphatic carbocycles. The van der Waals surface area contributed by atoms with Crippen LogP contribution in [-0.4, -0.2) is 22.8 Å². The Morgan fingerprint density at radius 1 is 1.22 bits per heavy atom. The van der Waals surface area contributed by atoms with E-state index in [2.05, 4.69) is 26.3 Å². The molecule has 0 bridgehead atoms. The van der Waals surface area contributed by atoms with Gasteiger partial charge in [0.05, 0.1) is 17.3 Å². The Kier molecular flexibility index (Phi) is 6.03. The molecule has 1 N–H and O–H groups in total. The number of nitrogens with one attached hydrogen (secondary N) is 1. The second kappa shape index (κ2) is 8.45. The van der Waals surface area contributed by atoms with Crippen LogP contribution in [0.4, 0.5) is 5.69 Å². The van der Waals surface area contributed by atoms with Crippen LogP contribution in [0.15, 0.2) is 53.1 Å². The fraction of sp³-hybridized carbons (Fsp3) is 0.158. The van der Waals surface area contributed by atoms with E-state index in [-0.39, 0.29) is 18.3 Å². The molecule has 0 saturated carbocycles. The number of methoxy groups -OCH3 is 1. The number of halogens is 2. The average molecular weight is 451 g/mol. The van der Waals surface area contributed by atoms with Crippen LogP contribution in [0, 0.1) is 6.92 Å². The number of aromatic nitrogens is 2. The quantitative estimate of drug-likeness (QED) is 0.580. The fourth-order valence-corrected chi connectivity index (χ4v) is 3.19. The minimum atomic E-state index is -0.328. The third kappa shape index (κ3) is 4.81. The van der Waals surface area contributed by atoms with E-state index in [9.17, 15) is 4.79 Å². The number of aryl methyl sites for hydroxylation is 1. The monoisotopic (exact) mass is 449 g/mol. The third-order valence-corrected chi connectivity index (χ3v) is 4.58. The zero-order valence-corrected chi connectivity index (χ0v) is 17.0. The molecule has 0 unspecified atom stereocenters. The smallest absolute Gasteiger partial charge is 0.276 e. The zero-order valence-electron chi connectivity index (χ0n) is 14.7. The van der Waals surface area contributed by atoms with Gasteiger partial charge in [-0.05, 0) is 64.8 Å². The molecule has 0 radical (unpaired) electrons. The molecule has 0 spiro atoms. The van der Waals surface area contributed by atoms with Crippen LogP contribution < -0.4 is 14.8 Å². The van der Waals surface area contributed by atoms with Crippen molar-refractivity contribution in [2.24, 2.45) is 0 Å². The molecule has 0 aliphatic rings. The van der Waals surface area contributed by atoms with E-state index in [0.717, 1.165) is 10.0 Å². The van der Waals surface area contributed by atoms with Gasteiger partial charge in [0.1, 0.15) is 11.5 Å². The summed E-state index contributed by atoms with van der Waals surface area (Å²) in [5.41, 5.74) is 1.88. The highest BCUT2D eigenvalue weighted by Gasteiger charge is 2.13. The SMILES string of the molecule is COc1ccc(C)cc1NC(=O)c1ccn(COc2ccc(Cl)cc2Br)n1. The summed E-state index contributed by atoms with van der Waals surface area (Å²) in [4.78, 5) is 12.5. The number of amides is 1. The molecule has 1 aromatic heterocycles. The van der Waals surface area contributed by atoms with Gasteiger partial charge < -0.3 is 14.8 Å². The van der Waals surface area contributed by atoms with Crippen molar-refractivity contribution in [2.75, 3.05) is 12.4 Å². The maximum absolute atomic E-state index is 12.5. The molecule has 1 amide bonds. The first-order valence-electron chi connectivity index (χ1n) is 8.03. The molecule has 0 fully saturated rings. The summed E-state index contributed by atoms with van der Waals surface area (Å²) >= 11 is 9.30. The Morgan fingerprint density at radius 2 is 2.00 bits per heavy atom. The van der Waals surface area contributed by atoms with Gasteiger partial charge in [-0.1, -0.05) is 17.7 Å². The van der Waals surface area contributed by atoms with Crippen LogP contribution in [0.5, 0.6) is 11.5 Å². The predicted octanol–water partition coefficient (Wildman–Crippen LogP) is 4.90. The van der Waals surface area contributed by atoms with Crippen LogP contribution in [0.1, 0.15) is 16.1 Å². The van der Waals surface area contributed by atoms with E-state index in [1.807, 2.05) is 19.1 Å². The minimum absolute atomic E-state index is 0.154. The van der Waals surface area contributed by atoms with Gasteiger partial charge in [-0.25, -0.2) is 4.68 Å². The fourth-order valence-electron chi connectivity index (χ4n) is 2.39. The molecule has 1 heterocycles. The second-order valence-electron chi connectivity index (χ2n) is 5.75. The third-order valence-electron chi connectivity index (χ3n) is 3.72. The van der Waals surface area contributed by atoms with Gasteiger partial charge in [-0.3, -0.25) is 4.79 Å². The number of benzene rings is 2. The van der Waals surface area contributed by atoms with E-state index in [1.165, 1.54) is 4.68 Å². The van der Waals surface area contributed by atoms with Crippen molar-refractivity contribution in [3.63, 3.8) is 0 Å². The number of hydrogen-bond acceptors (Lipinski definition) is 4. The number of carbonyl (C=O) groups is 1. The Morgan fingerprint density at radius 3 is 2.74 bits per heavy atom.